The SMILES string of the molecule is CCCCC1CSC(CCCn2ccnc2)(Cc2ccc(Cl)cc2)S1. The highest BCUT2D eigenvalue weighted by atomic mass is 35.5. The summed E-state index contributed by atoms with van der Waals surface area (Å²) in [6.45, 7) is 3.35. The largest absolute Gasteiger partial charge is 0.337 e. The zero-order chi connectivity index (χ0) is 17.5. The Hall–Kier alpha value is -0.580. The third kappa shape index (κ3) is 5.70. The zero-order valence-corrected chi connectivity index (χ0v) is 17.3. The summed E-state index contributed by atoms with van der Waals surface area (Å²) in [6, 6.07) is 8.44. The summed E-state index contributed by atoms with van der Waals surface area (Å²) >= 11 is 10.5. The lowest BCUT2D eigenvalue weighted by atomic mass is 10.1. The smallest absolute Gasteiger partial charge is 0.0945 e. The van der Waals surface area contributed by atoms with Gasteiger partial charge in [-0.05, 0) is 43.4 Å². The van der Waals surface area contributed by atoms with E-state index in [1.165, 1.54) is 43.4 Å². The molecule has 25 heavy (non-hydrogen) atoms. The summed E-state index contributed by atoms with van der Waals surface area (Å²) in [5.74, 6) is 1.29. The first kappa shape index (κ1) is 19.2. The molecule has 2 heterocycles. The first-order valence-corrected chi connectivity index (χ1v) is 11.5. The summed E-state index contributed by atoms with van der Waals surface area (Å²) in [5.41, 5.74) is 1.41. The van der Waals surface area contributed by atoms with E-state index in [4.69, 9.17) is 11.6 Å². The Morgan fingerprint density at radius 3 is 2.84 bits per heavy atom. The van der Waals surface area contributed by atoms with Crippen molar-refractivity contribution in [1.82, 2.24) is 9.55 Å². The van der Waals surface area contributed by atoms with Crippen molar-refractivity contribution in [2.24, 2.45) is 0 Å². The Balaban J connectivity index is 1.63. The molecule has 2 unspecified atom stereocenters. The van der Waals surface area contributed by atoms with Crippen molar-refractivity contribution in [3.63, 3.8) is 0 Å². The van der Waals surface area contributed by atoms with E-state index >= 15 is 0 Å². The average Bonchev–Trinajstić information content (AvgIpc) is 3.26. The fourth-order valence-corrected chi connectivity index (χ4v) is 7.47. The standard InChI is InChI=1S/C20H27ClN2S2/c1-2-3-5-19-15-24-20(25-19,10-4-12-23-13-11-22-16-23)14-17-6-8-18(21)9-7-17/h6-9,11,13,16,19H,2-5,10,12,14-15H2,1H3. The maximum absolute atomic E-state index is 6.06. The Morgan fingerprint density at radius 2 is 2.12 bits per heavy atom. The van der Waals surface area contributed by atoms with Gasteiger partial charge in [-0.15, -0.1) is 23.5 Å². The molecule has 0 radical (unpaired) electrons. The molecule has 2 nitrogen and oxygen atoms in total. The van der Waals surface area contributed by atoms with Crippen LogP contribution in [0.1, 0.15) is 44.6 Å². The van der Waals surface area contributed by atoms with E-state index in [0.717, 1.165) is 23.2 Å². The van der Waals surface area contributed by atoms with Gasteiger partial charge in [-0.3, -0.25) is 0 Å². The molecule has 2 atom stereocenters. The highest BCUT2D eigenvalue weighted by Crippen LogP contribution is 2.54. The quantitative estimate of drug-likeness (QED) is 0.497. The molecule has 0 saturated carbocycles. The van der Waals surface area contributed by atoms with Crippen LogP contribution in [0.15, 0.2) is 43.0 Å². The molecule has 1 aliphatic rings. The molecule has 2 aromatic rings. The van der Waals surface area contributed by atoms with Crippen molar-refractivity contribution in [2.75, 3.05) is 5.75 Å². The number of rotatable bonds is 9. The highest BCUT2D eigenvalue weighted by Gasteiger charge is 2.40. The highest BCUT2D eigenvalue weighted by molar-refractivity contribution is 8.21. The lowest BCUT2D eigenvalue weighted by molar-refractivity contribution is 0.578. The van der Waals surface area contributed by atoms with E-state index in [0.29, 0.717) is 4.08 Å². The number of unbranched alkanes of at least 4 members (excludes halogenated alkanes) is 1. The number of hydrogen-bond donors (Lipinski definition) is 0. The minimum atomic E-state index is 0.312. The molecule has 0 bridgehead atoms. The molecular formula is C20H27ClN2S2. The van der Waals surface area contributed by atoms with Gasteiger partial charge in [0.05, 0.1) is 10.4 Å². The van der Waals surface area contributed by atoms with Gasteiger partial charge in [0.25, 0.3) is 0 Å². The molecule has 1 aromatic carbocycles. The third-order valence-electron chi connectivity index (χ3n) is 4.71. The number of nitrogens with zero attached hydrogens (tertiary/aromatic N) is 2. The Morgan fingerprint density at radius 1 is 1.28 bits per heavy atom. The molecule has 0 spiro atoms. The average molecular weight is 395 g/mol. The summed E-state index contributed by atoms with van der Waals surface area (Å²) < 4.78 is 2.50. The topological polar surface area (TPSA) is 17.8 Å². The Kier molecular flexibility index (Phi) is 7.20. The maximum atomic E-state index is 6.06. The van der Waals surface area contributed by atoms with Crippen molar-refractivity contribution < 1.29 is 0 Å². The minimum absolute atomic E-state index is 0.312. The third-order valence-corrected chi connectivity index (χ3v) is 8.78. The van der Waals surface area contributed by atoms with E-state index in [9.17, 15) is 0 Å². The van der Waals surface area contributed by atoms with Gasteiger partial charge < -0.3 is 4.57 Å². The van der Waals surface area contributed by atoms with Crippen LogP contribution >= 0.6 is 35.1 Å². The van der Waals surface area contributed by atoms with Crippen LogP contribution in [0, 0.1) is 0 Å². The lowest BCUT2D eigenvalue weighted by Crippen LogP contribution is -2.22. The number of imidazole rings is 1. The number of thioether (sulfide) groups is 2. The number of aromatic nitrogens is 2. The Bertz CT molecular complexity index is 630. The molecule has 3 rings (SSSR count). The molecule has 1 aromatic heterocycles. The maximum Gasteiger partial charge on any atom is 0.0945 e. The van der Waals surface area contributed by atoms with Gasteiger partial charge in [0.1, 0.15) is 0 Å². The van der Waals surface area contributed by atoms with Crippen molar-refractivity contribution >= 4 is 35.1 Å². The van der Waals surface area contributed by atoms with Gasteiger partial charge in [0.2, 0.25) is 0 Å². The van der Waals surface area contributed by atoms with Crippen molar-refractivity contribution in [3.8, 4) is 0 Å². The lowest BCUT2D eigenvalue weighted by Gasteiger charge is -2.28. The van der Waals surface area contributed by atoms with Crippen LogP contribution in [0.25, 0.3) is 0 Å². The van der Waals surface area contributed by atoms with E-state index in [-0.39, 0.29) is 0 Å². The number of hydrogen-bond acceptors (Lipinski definition) is 3. The van der Waals surface area contributed by atoms with Crippen LogP contribution < -0.4 is 0 Å². The summed E-state index contributed by atoms with van der Waals surface area (Å²) in [4.78, 5) is 4.15. The van der Waals surface area contributed by atoms with Gasteiger partial charge in [-0.1, -0.05) is 43.5 Å². The number of benzene rings is 1. The molecule has 1 saturated heterocycles. The van der Waals surface area contributed by atoms with Crippen LogP contribution in [-0.2, 0) is 13.0 Å². The molecular weight excluding hydrogens is 368 g/mol. The predicted octanol–water partition coefficient (Wildman–Crippen LogP) is 6.29. The minimum Gasteiger partial charge on any atom is -0.337 e. The summed E-state index contributed by atoms with van der Waals surface area (Å²) in [7, 11) is 0. The normalized spacial score (nSPS) is 23.2. The fraction of sp³-hybridized carbons (Fsp3) is 0.550. The van der Waals surface area contributed by atoms with E-state index in [2.05, 4.69) is 58.3 Å². The van der Waals surface area contributed by atoms with Crippen LogP contribution in [0.3, 0.4) is 0 Å². The molecule has 1 aliphatic heterocycles. The molecule has 0 N–H and O–H groups in total. The molecule has 0 amide bonds. The molecule has 1 fully saturated rings. The van der Waals surface area contributed by atoms with Gasteiger partial charge in [0.15, 0.2) is 0 Å². The van der Waals surface area contributed by atoms with Crippen molar-refractivity contribution in [1.29, 1.82) is 0 Å². The molecule has 136 valence electrons. The summed E-state index contributed by atoms with van der Waals surface area (Å²) in [6.07, 6.45) is 13.4. The second-order valence-corrected chi connectivity index (χ2v) is 10.6. The van der Waals surface area contributed by atoms with Gasteiger partial charge >= 0.3 is 0 Å². The first-order valence-electron chi connectivity index (χ1n) is 9.21. The zero-order valence-electron chi connectivity index (χ0n) is 14.9. The van der Waals surface area contributed by atoms with Crippen molar-refractivity contribution in [3.05, 3.63) is 53.6 Å². The van der Waals surface area contributed by atoms with Gasteiger partial charge in [-0.25, -0.2) is 4.98 Å². The monoisotopic (exact) mass is 394 g/mol. The number of aryl methyl sites for hydroxylation is 1. The second-order valence-electron chi connectivity index (χ2n) is 6.81. The number of halogens is 1. The summed E-state index contributed by atoms with van der Waals surface area (Å²) in [5, 5.41) is 1.64. The molecule has 5 heteroatoms. The second kappa shape index (κ2) is 9.38. The van der Waals surface area contributed by atoms with E-state index in [1.54, 1.807) is 0 Å². The van der Waals surface area contributed by atoms with E-state index in [1.807, 2.05) is 24.7 Å². The Labute approximate surface area is 165 Å². The van der Waals surface area contributed by atoms with E-state index < -0.39 is 0 Å². The van der Waals surface area contributed by atoms with Gasteiger partial charge in [0, 0.05) is 35.0 Å². The fourth-order valence-electron chi connectivity index (χ4n) is 3.37. The molecule has 0 aliphatic carbocycles. The van der Waals surface area contributed by atoms with Crippen LogP contribution in [0.5, 0.6) is 0 Å². The van der Waals surface area contributed by atoms with Gasteiger partial charge in [-0.2, -0.15) is 0 Å². The van der Waals surface area contributed by atoms with Crippen LogP contribution in [-0.4, -0.2) is 24.6 Å². The van der Waals surface area contributed by atoms with Crippen LogP contribution in [0.2, 0.25) is 5.02 Å². The van der Waals surface area contributed by atoms with Crippen LogP contribution in [0.4, 0.5) is 0 Å². The van der Waals surface area contributed by atoms with Crippen molar-refractivity contribution in [2.45, 2.75) is 61.3 Å². The predicted molar refractivity (Wildman–Crippen MR) is 113 cm³/mol. The first-order chi connectivity index (χ1) is 12.2.